The molecule has 0 aliphatic heterocycles. The highest BCUT2D eigenvalue weighted by Crippen LogP contribution is 2.05. The highest BCUT2D eigenvalue weighted by molar-refractivity contribution is 5.87. The smallest absolute Gasteiger partial charge is 0.384 e. The average Bonchev–Trinajstić information content (AvgIpc) is 2.04. The summed E-state index contributed by atoms with van der Waals surface area (Å²) in [5.41, 5.74) is 0. The van der Waals surface area contributed by atoms with Crippen molar-refractivity contribution in [2.24, 2.45) is 5.92 Å². The molecule has 0 aliphatic rings. The summed E-state index contributed by atoms with van der Waals surface area (Å²) in [7, 11) is 0. The first kappa shape index (κ1) is 10.0. The summed E-state index contributed by atoms with van der Waals surface area (Å²) >= 11 is 0. The second kappa shape index (κ2) is 5.79. The molecule has 0 saturated carbocycles. The number of hydrogen-bond acceptors (Lipinski definition) is 2. The Morgan fingerprint density at radius 3 is 2.82 bits per heavy atom. The predicted molar refractivity (Wildman–Crippen MR) is 43.9 cm³/mol. The molecule has 0 N–H and O–H groups in total. The molecule has 0 aliphatic carbocycles. The Balaban J connectivity index is 3.29. The lowest BCUT2D eigenvalue weighted by molar-refractivity contribution is -0.137. The SMILES string of the molecule is C#CC(=O)OCCC(C)CC. The topological polar surface area (TPSA) is 26.3 Å². The second-order valence-electron chi connectivity index (χ2n) is 2.58. The molecule has 11 heavy (non-hydrogen) atoms. The number of carbonyl (C=O) groups excluding carboxylic acids is 1. The van der Waals surface area contributed by atoms with Crippen LogP contribution in [0.15, 0.2) is 0 Å². The molecule has 2 nitrogen and oxygen atoms in total. The third-order valence-corrected chi connectivity index (χ3v) is 1.66. The minimum Gasteiger partial charge on any atom is -0.456 e. The van der Waals surface area contributed by atoms with Crippen molar-refractivity contribution < 1.29 is 9.53 Å². The van der Waals surface area contributed by atoms with E-state index in [2.05, 4.69) is 18.6 Å². The maximum atomic E-state index is 10.4. The van der Waals surface area contributed by atoms with Crippen LogP contribution in [0.3, 0.4) is 0 Å². The van der Waals surface area contributed by atoms with E-state index in [9.17, 15) is 4.79 Å². The standard InChI is InChI=1S/C9H14O2/c1-4-8(3)6-7-11-9(10)5-2/h2,8H,4,6-7H2,1,3H3. The van der Waals surface area contributed by atoms with Crippen LogP contribution in [-0.4, -0.2) is 12.6 Å². The van der Waals surface area contributed by atoms with E-state index < -0.39 is 5.97 Å². The fraction of sp³-hybridized carbons (Fsp3) is 0.667. The molecule has 1 unspecified atom stereocenters. The summed E-state index contributed by atoms with van der Waals surface area (Å²) < 4.78 is 4.69. The molecule has 0 fully saturated rings. The van der Waals surface area contributed by atoms with Gasteiger partial charge in [-0.2, -0.15) is 0 Å². The van der Waals surface area contributed by atoms with Crippen LogP contribution in [0, 0.1) is 18.3 Å². The largest absolute Gasteiger partial charge is 0.456 e. The van der Waals surface area contributed by atoms with Gasteiger partial charge in [0.05, 0.1) is 6.61 Å². The number of rotatable bonds is 4. The van der Waals surface area contributed by atoms with Crippen molar-refractivity contribution in [3.05, 3.63) is 0 Å². The number of esters is 1. The quantitative estimate of drug-likeness (QED) is 0.349. The van der Waals surface area contributed by atoms with Crippen LogP contribution in [0.25, 0.3) is 0 Å². The van der Waals surface area contributed by atoms with Gasteiger partial charge in [-0.15, -0.1) is 6.42 Å². The van der Waals surface area contributed by atoms with Crippen LogP contribution in [0.1, 0.15) is 26.7 Å². The molecule has 62 valence electrons. The summed E-state index contributed by atoms with van der Waals surface area (Å²) in [5, 5.41) is 0. The first-order chi connectivity index (χ1) is 5.20. The summed E-state index contributed by atoms with van der Waals surface area (Å²) in [6, 6.07) is 0. The van der Waals surface area contributed by atoms with E-state index in [1.165, 1.54) is 0 Å². The van der Waals surface area contributed by atoms with E-state index in [1.807, 2.05) is 5.92 Å². The molecular formula is C9H14O2. The van der Waals surface area contributed by atoms with E-state index in [4.69, 9.17) is 6.42 Å². The van der Waals surface area contributed by atoms with Crippen molar-refractivity contribution in [3.8, 4) is 12.3 Å². The maximum absolute atomic E-state index is 10.4. The van der Waals surface area contributed by atoms with Gasteiger partial charge in [0.2, 0.25) is 0 Å². The third-order valence-electron chi connectivity index (χ3n) is 1.66. The highest BCUT2D eigenvalue weighted by atomic mass is 16.5. The van der Waals surface area contributed by atoms with Crippen LogP contribution >= 0.6 is 0 Å². The molecule has 1 atom stereocenters. The van der Waals surface area contributed by atoms with Gasteiger partial charge in [-0.25, -0.2) is 4.79 Å². The van der Waals surface area contributed by atoms with Crippen molar-refractivity contribution in [1.29, 1.82) is 0 Å². The van der Waals surface area contributed by atoms with Gasteiger partial charge in [-0.3, -0.25) is 0 Å². The molecule has 0 rings (SSSR count). The monoisotopic (exact) mass is 154 g/mol. The fourth-order valence-corrected chi connectivity index (χ4v) is 0.599. The normalized spacial score (nSPS) is 11.7. The van der Waals surface area contributed by atoms with Crippen LogP contribution in [-0.2, 0) is 9.53 Å². The minimum atomic E-state index is -0.562. The fourth-order valence-electron chi connectivity index (χ4n) is 0.599. The van der Waals surface area contributed by atoms with Gasteiger partial charge in [0, 0.05) is 5.92 Å². The van der Waals surface area contributed by atoms with Gasteiger partial charge in [-0.05, 0) is 12.3 Å². The molecule has 0 heterocycles. The lowest BCUT2D eigenvalue weighted by Crippen LogP contribution is -2.05. The first-order valence-corrected chi connectivity index (χ1v) is 3.84. The number of hydrogen-bond donors (Lipinski definition) is 0. The predicted octanol–water partition coefficient (Wildman–Crippen LogP) is 1.60. The van der Waals surface area contributed by atoms with Crippen molar-refractivity contribution in [2.75, 3.05) is 6.61 Å². The molecule has 0 bridgehead atoms. The van der Waals surface area contributed by atoms with E-state index in [0.717, 1.165) is 12.8 Å². The Kier molecular flexibility index (Phi) is 5.28. The Hall–Kier alpha value is -0.970. The zero-order valence-electron chi connectivity index (χ0n) is 7.09. The maximum Gasteiger partial charge on any atom is 0.384 e. The van der Waals surface area contributed by atoms with Crippen LogP contribution in [0.2, 0.25) is 0 Å². The van der Waals surface area contributed by atoms with Crippen LogP contribution in [0.5, 0.6) is 0 Å². The molecule has 0 aromatic heterocycles. The summed E-state index contributed by atoms with van der Waals surface area (Å²) in [5.74, 6) is 1.93. The molecular weight excluding hydrogens is 140 g/mol. The zero-order chi connectivity index (χ0) is 8.69. The molecule has 0 amide bonds. The molecule has 0 aromatic carbocycles. The summed E-state index contributed by atoms with van der Waals surface area (Å²) in [6.45, 7) is 4.66. The highest BCUT2D eigenvalue weighted by Gasteiger charge is 2.00. The Morgan fingerprint density at radius 1 is 1.73 bits per heavy atom. The van der Waals surface area contributed by atoms with Crippen LogP contribution in [0.4, 0.5) is 0 Å². The van der Waals surface area contributed by atoms with Gasteiger partial charge < -0.3 is 4.74 Å². The van der Waals surface area contributed by atoms with Gasteiger partial charge in [0.15, 0.2) is 0 Å². The number of ether oxygens (including phenoxy) is 1. The van der Waals surface area contributed by atoms with Crippen LogP contribution < -0.4 is 0 Å². The Labute approximate surface area is 67.9 Å². The molecule has 2 heteroatoms. The lowest BCUT2D eigenvalue weighted by atomic mass is 10.1. The van der Waals surface area contributed by atoms with E-state index in [-0.39, 0.29) is 0 Å². The van der Waals surface area contributed by atoms with E-state index >= 15 is 0 Å². The van der Waals surface area contributed by atoms with E-state index in [1.54, 1.807) is 0 Å². The Bertz CT molecular complexity index is 155. The van der Waals surface area contributed by atoms with Gasteiger partial charge >= 0.3 is 5.97 Å². The van der Waals surface area contributed by atoms with Crippen molar-refractivity contribution in [2.45, 2.75) is 26.7 Å². The summed E-state index contributed by atoms with van der Waals surface area (Å²) in [6.07, 6.45) is 6.79. The minimum absolute atomic E-state index is 0.443. The molecule has 0 saturated heterocycles. The average molecular weight is 154 g/mol. The van der Waals surface area contributed by atoms with Crippen molar-refractivity contribution >= 4 is 5.97 Å². The first-order valence-electron chi connectivity index (χ1n) is 3.84. The van der Waals surface area contributed by atoms with Crippen molar-refractivity contribution in [1.82, 2.24) is 0 Å². The molecule has 0 aromatic rings. The molecule has 0 spiro atoms. The molecule has 0 radical (unpaired) electrons. The number of terminal acetylenes is 1. The summed E-state index contributed by atoms with van der Waals surface area (Å²) in [4.78, 5) is 10.4. The lowest BCUT2D eigenvalue weighted by Gasteiger charge is -2.06. The van der Waals surface area contributed by atoms with Gasteiger partial charge in [0.25, 0.3) is 0 Å². The zero-order valence-corrected chi connectivity index (χ0v) is 7.09. The van der Waals surface area contributed by atoms with Gasteiger partial charge in [0.1, 0.15) is 0 Å². The Morgan fingerprint density at radius 2 is 2.36 bits per heavy atom. The second-order valence-corrected chi connectivity index (χ2v) is 2.58. The van der Waals surface area contributed by atoms with E-state index in [0.29, 0.717) is 12.5 Å². The number of carbonyl (C=O) groups is 1. The van der Waals surface area contributed by atoms with Crippen molar-refractivity contribution in [3.63, 3.8) is 0 Å². The third kappa shape index (κ3) is 5.47. The van der Waals surface area contributed by atoms with Gasteiger partial charge in [-0.1, -0.05) is 20.3 Å².